The molecule has 13 atom stereocenters. The molecule has 0 amide bonds. The predicted molar refractivity (Wildman–Crippen MR) is 170 cm³/mol. The van der Waals surface area contributed by atoms with E-state index in [4.69, 9.17) is 25.9 Å². The average molecular weight is 638 g/mol. The lowest BCUT2D eigenvalue weighted by atomic mass is 9.77. The summed E-state index contributed by atoms with van der Waals surface area (Å²) >= 11 is 0. The van der Waals surface area contributed by atoms with Gasteiger partial charge in [-0.1, -0.05) is 20.8 Å². The minimum absolute atomic E-state index is 0.0803. The van der Waals surface area contributed by atoms with Crippen molar-refractivity contribution in [2.24, 2.45) is 17.8 Å². The normalized spacial score (nSPS) is 43.0. The van der Waals surface area contributed by atoms with Crippen LogP contribution in [0.4, 0.5) is 0 Å². The van der Waals surface area contributed by atoms with E-state index in [1.54, 1.807) is 48.6 Å². The fourth-order valence-electron chi connectivity index (χ4n) is 7.08. The first-order chi connectivity index (χ1) is 21.0. The van der Waals surface area contributed by atoms with Crippen molar-refractivity contribution in [2.45, 2.75) is 147 Å². The van der Waals surface area contributed by atoms with E-state index in [0.717, 1.165) is 6.42 Å². The summed E-state index contributed by atoms with van der Waals surface area (Å²) < 4.78 is 18.6. The number of nitrogens with zero attached hydrogens (tertiary/aromatic N) is 3. The number of hydrogen-bond acceptors (Lipinski definition) is 11. The van der Waals surface area contributed by atoms with Gasteiger partial charge in [-0.2, -0.15) is 5.26 Å². The summed E-state index contributed by atoms with van der Waals surface area (Å²) in [4.78, 5) is 17.4. The number of aliphatic hydroxyl groups excluding tert-OH is 2. The van der Waals surface area contributed by atoms with Crippen molar-refractivity contribution in [3.05, 3.63) is 0 Å². The topological polar surface area (TPSA) is 156 Å². The number of aliphatic hydroxyl groups is 4. The Morgan fingerprint density at radius 1 is 1.18 bits per heavy atom. The number of nitriles is 1. The number of terminal acetylenes is 1. The van der Waals surface area contributed by atoms with Gasteiger partial charge < -0.3 is 39.5 Å². The summed E-state index contributed by atoms with van der Waals surface area (Å²) in [6.45, 7) is 13.0. The first-order valence-corrected chi connectivity index (χ1v) is 16.5. The Morgan fingerprint density at radius 2 is 1.82 bits per heavy atom. The molecule has 0 bridgehead atoms. The fraction of sp³-hybridized carbons (Fsp3) is 0.882. The monoisotopic (exact) mass is 637 g/mol. The van der Waals surface area contributed by atoms with Gasteiger partial charge in [0.15, 0.2) is 6.29 Å². The highest BCUT2D eigenvalue weighted by Gasteiger charge is 2.50. The highest BCUT2D eigenvalue weighted by Crippen LogP contribution is 2.37. The largest absolute Gasteiger partial charge is 0.459 e. The molecular weight excluding hydrogens is 578 g/mol. The Labute approximate surface area is 270 Å². The molecule has 258 valence electrons. The van der Waals surface area contributed by atoms with Gasteiger partial charge in [0, 0.05) is 49.9 Å². The van der Waals surface area contributed by atoms with Crippen molar-refractivity contribution in [1.82, 2.24) is 9.80 Å². The van der Waals surface area contributed by atoms with Gasteiger partial charge in [0.25, 0.3) is 0 Å². The van der Waals surface area contributed by atoms with Crippen molar-refractivity contribution in [2.75, 3.05) is 27.2 Å². The van der Waals surface area contributed by atoms with Crippen molar-refractivity contribution in [3.8, 4) is 18.4 Å². The molecule has 2 aliphatic rings. The molecule has 45 heavy (non-hydrogen) atoms. The van der Waals surface area contributed by atoms with E-state index in [0.29, 0.717) is 25.9 Å². The third kappa shape index (κ3) is 9.62. The zero-order valence-electron chi connectivity index (χ0n) is 28.8. The number of hydrogen-bond donors (Lipinski definition) is 4. The van der Waals surface area contributed by atoms with Gasteiger partial charge in [-0.3, -0.25) is 9.69 Å². The summed E-state index contributed by atoms with van der Waals surface area (Å²) in [5, 5.41) is 55.8. The molecule has 0 aliphatic carbocycles. The summed E-state index contributed by atoms with van der Waals surface area (Å²) in [6, 6.07) is 1.69. The second-order valence-corrected chi connectivity index (χ2v) is 13.8. The van der Waals surface area contributed by atoms with Crippen molar-refractivity contribution in [3.63, 3.8) is 0 Å². The Bertz CT molecular complexity index is 1030. The van der Waals surface area contributed by atoms with Crippen LogP contribution in [-0.2, 0) is 19.0 Å². The maximum atomic E-state index is 13.5. The zero-order chi connectivity index (χ0) is 34.3. The van der Waals surface area contributed by atoms with Gasteiger partial charge in [0.1, 0.15) is 17.8 Å². The van der Waals surface area contributed by atoms with Gasteiger partial charge in [-0.25, -0.2) is 0 Å². The maximum Gasteiger partial charge on any atom is 0.311 e. The number of cyclic esters (lactones) is 1. The third-order valence-electron chi connectivity index (χ3n) is 10.3. The Hall–Kier alpha value is -1.80. The molecule has 11 heteroatoms. The van der Waals surface area contributed by atoms with E-state index >= 15 is 0 Å². The Balaban J connectivity index is 2.53. The lowest BCUT2D eigenvalue weighted by Crippen LogP contribution is -2.60. The van der Waals surface area contributed by atoms with E-state index in [9.17, 15) is 25.2 Å². The van der Waals surface area contributed by atoms with E-state index in [2.05, 4.69) is 16.9 Å². The molecule has 0 aromatic heterocycles. The summed E-state index contributed by atoms with van der Waals surface area (Å²) in [7, 11) is 3.75. The van der Waals surface area contributed by atoms with Crippen LogP contribution in [-0.4, -0.2) is 123 Å². The second kappa shape index (κ2) is 16.9. The maximum absolute atomic E-state index is 13.5. The quantitative estimate of drug-likeness (QED) is 0.240. The van der Waals surface area contributed by atoms with Crippen LogP contribution in [0, 0.1) is 41.4 Å². The van der Waals surface area contributed by atoms with Crippen LogP contribution >= 0.6 is 0 Å². The predicted octanol–water partition coefficient (Wildman–Crippen LogP) is 2.29. The van der Waals surface area contributed by atoms with Crippen LogP contribution < -0.4 is 0 Å². The molecule has 11 nitrogen and oxygen atoms in total. The molecule has 0 aromatic carbocycles. The van der Waals surface area contributed by atoms with Crippen LogP contribution in [0.1, 0.15) is 87.0 Å². The van der Waals surface area contributed by atoms with E-state index < -0.39 is 71.7 Å². The standard InChI is InChI=1S/C34H59N3O8/c1-11-25-19-33(8,41)31(45-28-18-26(17-21(4)43-28)36(9)16-14-15-35)22(5)29(38)23(6)32(40)44-27(12-2)34(42,13-3)30(39)24(7)37(10)20-25/h1,21-31,38-39,41-42H,12-14,16-20H2,2-10H3. The lowest BCUT2D eigenvalue weighted by molar-refractivity contribution is -0.267. The highest BCUT2D eigenvalue weighted by molar-refractivity contribution is 5.73. The zero-order valence-corrected chi connectivity index (χ0v) is 28.8. The summed E-state index contributed by atoms with van der Waals surface area (Å²) in [5.41, 5.74) is -3.31. The number of rotatable bonds is 7. The first kappa shape index (κ1) is 39.4. The molecule has 0 radical (unpaired) electrons. The molecular formula is C34H59N3O8. The number of esters is 1. The van der Waals surface area contributed by atoms with Gasteiger partial charge in [0.2, 0.25) is 0 Å². The lowest BCUT2D eigenvalue weighted by Gasteiger charge is -2.45. The fourth-order valence-corrected chi connectivity index (χ4v) is 7.08. The molecule has 2 heterocycles. The van der Waals surface area contributed by atoms with Crippen molar-refractivity contribution >= 4 is 5.97 Å². The molecule has 0 spiro atoms. The van der Waals surface area contributed by atoms with Crippen molar-refractivity contribution in [1.29, 1.82) is 5.26 Å². The van der Waals surface area contributed by atoms with E-state index in [-0.39, 0.29) is 31.4 Å². The minimum atomic E-state index is -1.75. The molecule has 2 aliphatic heterocycles. The minimum Gasteiger partial charge on any atom is -0.459 e. The molecule has 0 saturated carbocycles. The first-order valence-electron chi connectivity index (χ1n) is 16.5. The van der Waals surface area contributed by atoms with Crippen molar-refractivity contribution < 1.29 is 39.4 Å². The average Bonchev–Trinajstić information content (AvgIpc) is 3.01. The van der Waals surface area contributed by atoms with Crippen LogP contribution in [0.15, 0.2) is 0 Å². The van der Waals surface area contributed by atoms with Gasteiger partial charge in [0.05, 0.1) is 35.9 Å². The number of carbonyl (C=O) groups is 1. The second-order valence-electron chi connectivity index (χ2n) is 13.8. The van der Waals surface area contributed by atoms with Gasteiger partial charge in [-0.05, 0) is 67.5 Å². The van der Waals surface area contributed by atoms with Gasteiger partial charge in [-0.15, -0.1) is 12.3 Å². The number of likely N-dealkylation sites (N-methyl/N-ethyl adjacent to an activating group) is 1. The molecule has 0 aromatic rings. The number of ether oxygens (including phenoxy) is 3. The smallest absolute Gasteiger partial charge is 0.311 e. The molecule has 2 rings (SSSR count). The van der Waals surface area contributed by atoms with Crippen LogP contribution in [0.2, 0.25) is 0 Å². The van der Waals surface area contributed by atoms with Gasteiger partial charge >= 0.3 is 5.97 Å². The molecule has 2 fully saturated rings. The highest BCUT2D eigenvalue weighted by atomic mass is 16.7. The SMILES string of the molecule is C#CC1CN(C)C(C)C(O)C(O)(CC)C(CC)OC(=O)C(C)C(O)C(C)C(OC2CC(N(C)CCC#N)CC(C)O2)C(C)(O)C1. The third-order valence-corrected chi connectivity index (χ3v) is 10.3. The molecule has 13 unspecified atom stereocenters. The van der Waals surface area contributed by atoms with E-state index in [1.165, 1.54) is 0 Å². The number of carbonyl (C=O) groups excluding carboxylic acids is 1. The van der Waals surface area contributed by atoms with E-state index in [1.807, 2.05) is 18.9 Å². The molecule has 2 saturated heterocycles. The Morgan fingerprint density at radius 3 is 2.38 bits per heavy atom. The summed E-state index contributed by atoms with van der Waals surface area (Å²) in [6.07, 6.45) is 2.63. The molecule has 4 N–H and O–H groups in total. The summed E-state index contributed by atoms with van der Waals surface area (Å²) in [5.74, 6) is -0.239. The van der Waals surface area contributed by atoms with Crippen LogP contribution in [0.5, 0.6) is 0 Å². The van der Waals surface area contributed by atoms with Crippen LogP contribution in [0.3, 0.4) is 0 Å². The van der Waals surface area contributed by atoms with Crippen LogP contribution in [0.25, 0.3) is 0 Å². The Kier molecular flexibility index (Phi) is 14.7.